The summed E-state index contributed by atoms with van der Waals surface area (Å²) in [5, 5.41) is 14.5. The maximum absolute atomic E-state index is 11.1. The first kappa shape index (κ1) is 15.7. The van der Waals surface area contributed by atoms with Crippen molar-refractivity contribution < 1.29 is 9.90 Å². The molecule has 2 aromatic rings. The van der Waals surface area contributed by atoms with Gasteiger partial charge in [0.2, 0.25) is 0 Å². The number of hydrogen-bond acceptors (Lipinski definition) is 3. The molecular formula is C17H21NO2S. The Kier molecular flexibility index (Phi) is 5.15. The Balaban J connectivity index is 2.15. The minimum absolute atomic E-state index is 0.0930. The van der Waals surface area contributed by atoms with Crippen molar-refractivity contribution in [2.45, 2.75) is 39.3 Å². The van der Waals surface area contributed by atoms with Crippen LogP contribution in [0.2, 0.25) is 0 Å². The van der Waals surface area contributed by atoms with Crippen LogP contribution in [-0.2, 0) is 4.79 Å². The normalized spacial score (nSPS) is 13.9. The van der Waals surface area contributed by atoms with E-state index in [0.717, 1.165) is 4.88 Å². The lowest BCUT2D eigenvalue weighted by molar-refractivity contribution is -0.137. The van der Waals surface area contributed by atoms with Crippen LogP contribution in [0, 0.1) is 13.8 Å². The van der Waals surface area contributed by atoms with E-state index in [1.54, 1.807) is 11.3 Å². The molecule has 0 bridgehead atoms. The molecule has 3 nitrogen and oxygen atoms in total. The first-order chi connectivity index (χ1) is 9.97. The van der Waals surface area contributed by atoms with Gasteiger partial charge in [0.25, 0.3) is 0 Å². The Morgan fingerprint density at radius 3 is 2.62 bits per heavy atom. The highest BCUT2D eigenvalue weighted by Gasteiger charge is 2.19. The quantitative estimate of drug-likeness (QED) is 0.839. The molecule has 2 unspecified atom stereocenters. The lowest BCUT2D eigenvalue weighted by atomic mass is 10.0. The SMILES string of the molecule is Cc1ccc(C(C)NC(CC(=O)O)c2cccs2)cc1C. The summed E-state index contributed by atoms with van der Waals surface area (Å²) in [5.41, 5.74) is 3.71. The fourth-order valence-corrected chi connectivity index (χ4v) is 3.12. The van der Waals surface area contributed by atoms with E-state index in [1.807, 2.05) is 17.5 Å². The molecule has 0 fully saturated rings. The van der Waals surface area contributed by atoms with E-state index in [0.29, 0.717) is 0 Å². The molecule has 1 heterocycles. The van der Waals surface area contributed by atoms with Crippen LogP contribution in [0.4, 0.5) is 0 Å². The smallest absolute Gasteiger partial charge is 0.305 e. The van der Waals surface area contributed by atoms with Gasteiger partial charge in [-0.15, -0.1) is 11.3 Å². The van der Waals surface area contributed by atoms with Gasteiger partial charge in [-0.25, -0.2) is 0 Å². The molecule has 1 aromatic heterocycles. The van der Waals surface area contributed by atoms with Gasteiger partial charge < -0.3 is 10.4 Å². The second kappa shape index (κ2) is 6.87. The van der Waals surface area contributed by atoms with Crippen molar-refractivity contribution >= 4 is 17.3 Å². The Hall–Kier alpha value is -1.65. The third-order valence-electron chi connectivity index (χ3n) is 3.75. The van der Waals surface area contributed by atoms with Crippen LogP contribution in [0.25, 0.3) is 0 Å². The molecule has 0 aliphatic heterocycles. The predicted octanol–water partition coefficient (Wildman–Crippen LogP) is 4.23. The van der Waals surface area contributed by atoms with E-state index in [9.17, 15) is 4.79 Å². The van der Waals surface area contributed by atoms with E-state index in [2.05, 4.69) is 44.3 Å². The van der Waals surface area contributed by atoms with Crippen molar-refractivity contribution in [1.82, 2.24) is 5.32 Å². The minimum Gasteiger partial charge on any atom is -0.481 e. The first-order valence-electron chi connectivity index (χ1n) is 7.05. The number of benzene rings is 1. The van der Waals surface area contributed by atoms with E-state index < -0.39 is 5.97 Å². The van der Waals surface area contributed by atoms with Gasteiger partial charge in [0, 0.05) is 10.9 Å². The van der Waals surface area contributed by atoms with Crippen LogP contribution < -0.4 is 5.32 Å². The molecule has 2 atom stereocenters. The average molecular weight is 303 g/mol. The molecule has 4 heteroatoms. The molecule has 0 amide bonds. The Morgan fingerprint density at radius 1 is 1.29 bits per heavy atom. The first-order valence-corrected chi connectivity index (χ1v) is 7.93. The highest BCUT2D eigenvalue weighted by Crippen LogP contribution is 2.26. The summed E-state index contributed by atoms with van der Waals surface area (Å²) in [5.74, 6) is -0.784. The lowest BCUT2D eigenvalue weighted by Gasteiger charge is -2.22. The summed E-state index contributed by atoms with van der Waals surface area (Å²) in [6, 6.07) is 10.3. The number of aryl methyl sites for hydroxylation is 2. The minimum atomic E-state index is -0.784. The third kappa shape index (κ3) is 4.16. The van der Waals surface area contributed by atoms with Crippen LogP contribution >= 0.6 is 11.3 Å². The van der Waals surface area contributed by atoms with Crippen molar-refractivity contribution in [2.75, 3.05) is 0 Å². The topological polar surface area (TPSA) is 49.3 Å². The molecule has 21 heavy (non-hydrogen) atoms. The van der Waals surface area contributed by atoms with Gasteiger partial charge in [-0.3, -0.25) is 4.79 Å². The number of rotatable bonds is 6. The number of aliphatic carboxylic acids is 1. The molecule has 0 aliphatic carbocycles. The van der Waals surface area contributed by atoms with Gasteiger partial charge in [0.05, 0.1) is 12.5 Å². The lowest BCUT2D eigenvalue weighted by Crippen LogP contribution is -2.26. The summed E-state index contributed by atoms with van der Waals surface area (Å²) in [7, 11) is 0. The van der Waals surface area contributed by atoms with Crippen molar-refractivity contribution in [3.8, 4) is 0 Å². The van der Waals surface area contributed by atoms with Crippen LogP contribution in [0.1, 0.15) is 47.0 Å². The molecule has 0 aliphatic rings. The summed E-state index contributed by atoms with van der Waals surface area (Å²) in [6.07, 6.45) is 0.0930. The number of nitrogens with one attached hydrogen (secondary N) is 1. The zero-order chi connectivity index (χ0) is 15.4. The number of thiophene rings is 1. The van der Waals surface area contributed by atoms with Gasteiger partial charge in [-0.1, -0.05) is 24.3 Å². The van der Waals surface area contributed by atoms with E-state index in [-0.39, 0.29) is 18.5 Å². The van der Waals surface area contributed by atoms with Crippen molar-refractivity contribution in [1.29, 1.82) is 0 Å². The maximum atomic E-state index is 11.1. The highest BCUT2D eigenvalue weighted by molar-refractivity contribution is 7.10. The van der Waals surface area contributed by atoms with Crippen molar-refractivity contribution in [3.63, 3.8) is 0 Å². The second-order valence-corrected chi connectivity index (χ2v) is 6.38. The Bertz CT molecular complexity index is 607. The van der Waals surface area contributed by atoms with E-state index in [1.165, 1.54) is 16.7 Å². The van der Waals surface area contributed by atoms with Crippen molar-refractivity contribution in [3.05, 3.63) is 57.3 Å². The third-order valence-corrected chi connectivity index (χ3v) is 4.73. The molecule has 2 rings (SSSR count). The van der Waals surface area contributed by atoms with E-state index >= 15 is 0 Å². The monoisotopic (exact) mass is 303 g/mol. The summed E-state index contributed by atoms with van der Waals surface area (Å²) in [6.45, 7) is 6.27. The summed E-state index contributed by atoms with van der Waals surface area (Å²) in [4.78, 5) is 12.1. The molecule has 0 spiro atoms. The van der Waals surface area contributed by atoms with Crippen LogP contribution in [-0.4, -0.2) is 11.1 Å². The van der Waals surface area contributed by atoms with Gasteiger partial charge in [-0.05, 0) is 48.9 Å². The standard InChI is InChI=1S/C17H21NO2S/c1-11-6-7-14(9-12(11)2)13(3)18-15(10-17(19)20)16-5-4-8-21-16/h4-9,13,15,18H,10H2,1-3H3,(H,19,20). The molecule has 1 aromatic carbocycles. The summed E-state index contributed by atoms with van der Waals surface area (Å²) >= 11 is 1.59. The largest absolute Gasteiger partial charge is 0.481 e. The van der Waals surface area contributed by atoms with Gasteiger partial charge >= 0.3 is 5.97 Å². The Labute approximate surface area is 129 Å². The maximum Gasteiger partial charge on any atom is 0.305 e. The molecule has 2 N–H and O–H groups in total. The molecular weight excluding hydrogens is 282 g/mol. The highest BCUT2D eigenvalue weighted by atomic mass is 32.1. The molecule has 112 valence electrons. The summed E-state index contributed by atoms with van der Waals surface area (Å²) < 4.78 is 0. The van der Waals surface area contributed by atoms with Crippen LogP contribution in [0.3, 0.4) is 0 Å². The average Bonchev–Trinajstić information content (AvgIpc) is 2.94. The van der Waals surface area contributed by atoms with Gasteiger partial charge in [-0.2, -0.15) is 0 Å². The van der Waals surface area contributed by atoms with E-state index in [4.69, 9.17) is 5.11 Å². The predicted molar refractivity (Wildman–Crippen MR) is 86.8 cm³/mol. The Morgan fingerprint density at radius 2 is 2.05 bits per heavy atom. The van der Waals surface area contributed by atoms with Crippen LogP contribution in [0.15, 0.2) is 35.7 Å². The molecule has 0 saturated carbocycles. The molecule has 0 radical (unpaired) electrons. The number of carboxylic acids is 1. The zero-order valence-corrected chi connectivity index (χ0v) is 13.4. The number of carbonyl (C=O) groups is 1. The zero-order valence-electron chi connectivity index (χ0n) is 12.6. The van der Waals surface area contributed by atoms with Crippen LogP contribution in [0.5, 0.6) is 0 Å². The van der Waals surface area contributed by atoms with Gasteiger partial charge in [0.15, 0.2) is 0 Å². The number of carboxylic acid groups (broad SMARTS) is 1. The van der Waals surface area contributed by atoms with Gasteiger partial charge in [0.1, 0.15) is 0 Å². The van der Waals surface area contributed by atoms with Crippen molar-refractivity contribution in [2.24, 2.45) is 0 Å². The number of hydrogen-bond donors (Lipinski definition) is 2. The fraction of sp³-hybridized carbons (Fsp3) is 0.353. The fourth-order valence-electron chi connectivity index (χ4n) is 2.34. The second-order valence-electron chi connectivity index (χ2n) is 5.40. The molecule has 0 saturated heterocycles.